The van der Waals surface area contributed by atoms with Crippen LogP contribution >= 0.6 is 0 Å². The standard InChI is InChI=1S/C8H15N3/c1-6-8-7(2-3-9-6)10-4-5-11-8/h7-11H,1-5H2. The molecule has 2 saturated heterocycles. The summed E-state index contributed by atoms with van der Waals surface area (Å²) in [4.78, 5) is 0. The maximum absolute atomic E-state index is 3.98. The van der Waals surface area contributed by atoms with Gasteiger partial charge in [0.25, 0.3) is 0 Å². The summed E-state index contributed by atoms with van der Waals surface area (Å²) in [5.74, 6) is 0. The zero-order valence-corrected chi connectivity index (χ0v) is 6.69. The van der Waals surface area contributed by atoms with Crippen molar-refractivity contribution < 1.29 is 0 Å². The normalized spacial score (nSPS) is 37.6. The Hall–Kier alpha value is -0.540. The summed E-state index contributed by atoms with van der Waals surface area (Å²) in [6.07, 6.45) is 1.21. The monoisotopic (exact) mass is 153 g/mol. The predicted molar refractivity (Wildman–Crippen MR) is 45.3 cm³/mol. The van der Waals surface area contributed by atoms with E-state index in [4.69, 9.17) is 0 Å². The Kier molecular flexibility index (Phi) is 1.84. The first-order chi connectivity index (χ1) is 5.38. The van der Waals surface area contributed by atoms with E-state index in [1.54, 1.807) is 0 Å². The number of hydrogen-bond acceptors (Lipinski definition) is 3. The van der Waals surface area contributed by atoms with Crippen molar-refractivity contribution in [3.8, 4) is 0 Å². The van der Waals surface area contributed by atoms with E-state index in [-0.39, 0.29) is 0 Å². The van der Waals surface area contributed by atoms with Gasteiger partial charge in [0, 0.05) is 31.4 Å². The molecule has 2 aliphatic heterocycles. The summed E-state index contributed by atoms with van der Waals surface area (Å²) in [6, 6.07) is 1.06. The van der Waals surface area contributed by atoms with Crippen molar-refractivity contribution in [1.82, 2.24) is 16.0 Å². The van der Waals surface area contributed by atoms with Crippen molar-refractivity contribution in [3.05, 3.63) is 12.3 Å². The lowest BCUT2D eigenvalue weighted by atomic mass is 9.96. The lowest BCUT2D eigenvalue weighted by molar-refractivity contribution is 0.299. The van der Waals surface area contributed by atoms with E-state index < -0.39 is 0 Å². The molecule has 11 heavy (non-hydrogen) atoms. The van der Waals surface area contributed by atoms with Crippen LogP contribution in [0.15, 0.2) is 12.3 Å². The van der Waals surface area contributed by atoms with Crippen LogP contribution in [0, 0.1) is 0 Å². The number of piperidine rings is 1. The van der Waals surface area contributed by atoms with Crippen molar-refractivity contribution in [1.29, 1.82) is 0 Å². The molecule has 3 nitrogen and oxygen atoms in total. The topological polar surface area (TPSA) is 36.1 Å². The van der Waals surface area contributed by atoms with Gasteiger partial charge in [0.2, 0.25) is 0 Å². The van der Waals surface area contributed by atoms with Gasteiger partial charge in [0.1, 0.15) is 0 Å². The smallest absolute Gasteiger partial charge is 0.0620 e. The number of nitrogens with one attached hydrogen (secondary N) is 3. The molecule has 3 N–H and O–H groups in total. The van der Waals surface area contributed by atoms with E-state index in [0.29, 0.717) is 12.1 Å². The molecule has 0 saturated carbocycles. The van der Waals surface area contributed by atoms with Gasteiger partial charge in [-0.15, -0.1) is 0 Å². The van der Waals surface area contributed by atoms with E-state index in [1.165, 1.54) is 6.42 Å². The largest absolute Gasteiger partial charge is 0.387 e. The van der Waals surface area contributed by atoms with E-state index in [9.17, 15) is 0 Å². The first-order valence-electron chi connectivity index (χ1n) is 4.27. The second kappa shape index (κ2) is 2.83. The summed E-state index contributed by atoms with van der Waals surface area (Å²) in [6.45, 7) is 7.20. The molecule has 0 aromatic rings. The van der Waals surface area contributed by atoms with E-state index >= 15 is 0 Å². The summed E-state index contributed by atoms with van der Waals surface area (Å²) >= 11 is 0. The van der Waals surface area contributed by atoms with Crippen LogP contribution in [0.1, 0.15) is 6.42 Å². The molecule has 2 rings (SSSR count). The second-order valence-electron chi connectivity index (χ2n) is 3.23. The Morgan fingerprint density at radius 2 is 2.00 bits per heavy atom. The summed E-state index contributed by atoms with van der Waals surface area (Å²) in [5.41, 5.74) is 1.15. The van der Waals surface area contributed by atoms with Crippen LogP contribution in [0.25, 0.3) is 0 Å². The molecule has 0 spiro atoms. The highest BCUT2D eigenvalue weighted by atomic mass is 15.1. The molecule has 0 aromatic carbocycles. The number of hydrogen-bond donors (Lipinski definition) is 3. The van der Waals surface area contributed by atoms with Gasteiger partial charge in [-0.3, -0.25) is 0 Å². The second-order valence-corrected chi connectivity index (χ2v) is 3.23. The number of rotatable bonds is 0. The van der Waals surface area contributed by atoms with Crippen molar-refractivity contribution in [2.45, 2.75) is 18.5 Å². The zero-order chi connectivity index (χ0) is 7.68. The fourth-order valence-corrected chi connectivity index (χ4v) is 1.88. The first kappa shape index (κ1) is 7.13. The highest BCUT2D eigenvalue weighted by Gasteiger charge is 2.28. The highest BCUT2D eigenvalue weighted by Crippen LogP contribution is 2.12. The van der Waals surface area contributed by atoms with Crippen molar-refractivity contribution in [2.24, 2.45) is 0 Å². The maximum Gasteiger partial charge on any atom is 0.0620 e. The van der Waals surface area contributed by atoms with Crippen LogP contribution in [0.2, 0.25) is 0 Å². The molecule has 2 aliphatic rings. The average Bonchev–Trinajstić information content (AvgIpc) is 2.06. The van der Waals surface area contributed by atoms with Gasteiger partial charge in [-0.05, 0) is 6.42 Å². The van der Waals surface area contributed by atoms with Crippen LogP contribution in [-0.2, 0) is 0 Å². The van der Waals surface area contributed by atoms with Gasteiger partial charge in [-0.2, -0.15) is 0 Å². The van der Waals surface area contributed by atoms with Crippen LogP contribution < -0.4 is 16.0 Å². The van der Waals surface area contributed by atoms with E-state index in [2.05, 4.69) is 22.5 Å². The van der Waals surface area contributed by atoms with Crippen molar-refractivity contribution >= 4 is 0 Å². The minimum atomic E-state index is 0.456. The zero-order valence-electron chi connectivity index (χ0n) is 6.69. The molecule has 2 atom stereocenters. The van der Waals surface area contributed by atoms with Crippen LogP contribution in [0.5, 0.6) is 0 Å². The average molecular weight is 153 g/mol. The lowest BCUT2D eigenvalue weighted by Crippen LogP contribution is -2.61. The van der Waals surface area contributed by atoms with Crippen LogP contribution in [0.3, 0.4) is 0 Å². The molecular weight excluding hydrogens is 138 g/mol. The SMILES string of the molecule is C=C1NCCC2NCCNC12. The minimum Gasteiger partial charge on any atom is -0.387 e. The molecular formula is C8H15N3. The van der Waals surface area contributed by atoms with Gasteiger partial charge in [0.05, 0.1) is 6.04 Å². The fourth-order valence-electron chi connectivity index (χ4n) is 1.88. The molecule has 0 bridgehead atoms. The molecule has 62 valence electrons. The predicted octanol–water partition coefficient (Wildman–Crippen LogP) is -0.577. The minimum absolute atomic E-state index is 0.456. The highest BCUT2D eigenvalue weighted by molar-refractivity contribution is 5.13. The molecule has 0 amide bonds. The van der Waals surface area contributed by atoms with Crippen molar-refractivity contribution in [2.75, 3.05) is 19.6 Å². The molecule has 2 fully saturated rings. The van der Waals surface area contributed by atoms with Gasteiger partial charge in [0.15, 0.2) is 0 Å². The third kappa shape index (κ3) is 1.26. The molecule has 2 unspecified atom stereocenters. The third-order valence-corrected chi connectivity index (χ3v) is 2.48. The first-order valence-corrected chi connectivity index (χ1v) is 4.27. The molecule has 0 radical (unpaired) electrons. The van der Waals surface area contributed by atoms with E-state index in [0.717, 1.165) is 25.3 Å². The Morgan fingerprint density at radius 1 is 1.18 bits per heavy atom. The van der Waals surface area contributed by atoms with E-state index in [1.807, 2.05) is 0 Å². The Bertz CT molecular complexity index is 165. The summed E-state index contributed by atoms with van der Waals surface area (Å²) in [5, 5.41) is 10.2. The maximum atomic E-state index is 3.98. The van der Waals surface area contributed by atoms with Gasteiger partial charge in [-0.1, -0.05) is 6.58 Å². The van der Waals surface area contributed by atoms with Crippen LogP contribution in [0.4, 0.5) is 0 Å². The van der Waals surface area contributed by atoms with Crippen molar-refractivity contribution in [3.63, 3.8) is 0 Å². The lowest BCUT2D eigenvalue weighted by Gasteiger charge is -2.39. The molecule has 0 aromatic heterocycles. The Labute approximate surface area is 67.2 Å². The third-order valence-electron chi connectivity index (χ3n) is 2.48. The molecule has 2 heterocycles. The summed E-state index contributed by atoms with van der Waals surface area (Å²) < 4.78 is 0. The quantitative estimate of drug-likeness (QED) is 0.436. The van der Waals surface area contributed by atoms with Gasteiger partial charge in [-0.25, -0.2) is 0 Å². The fraction of sp³-hybridized carbons (Fsp3) is 0.750. The van der Waals surface area contributed by atoms with Gasteiger partial charge < -0.3 is 16.0 Å². The summed E-state index contributed by atoms with van der Waals surface area (Å²) in [7, 11) is 0. The number of fused-ring (bicyclic) bond motifs is 1. The van der Waals surface area contributed by atoms with Gasteiger partial charge >= 0.3 is 0 Å². The Balaban J connectivity index is 2.05. The molecule has 3 heteroatoms. The van der Waals surface area contributed by atoms with Crippen LogP contribution in [-0.4, -0.2) is 31.7 Å². The molecule has 0 aliphatic carbocycles. The Morgan fingerprint density at radius 3 is 2.82 bits per heavy atom. The number of piperazine rings is 1.